The topological polar surface area (TPSA) is 78.3 Å². The number of hydrogen-bond acceptors (Lipinski definition) is 5. The van der Waals surface area contributed by atoms with Gasteiger partial charge in [-0.2, -0.15) is 9.78 Å². The Kier molecular flexibility index (Phi) is 5.84. The molecule has 0 amide bonds. The van der Waals surface area contributed by atoms with Crippen LogP contribution in [0, 0.1) is 0 Å². The van der Waals surface area contributed by atoms with Gasteiger partial charge in [-0.15, -0.1) is 0 Å². The van der Waals surface area contributed by atoms with Gasteiger partial charge in [0.15, 0.2) is 18.1 Å². The number of carbonyl (C=O) groups is 2. The molecule has 0 aliphatic carbocycles. The van der Waals surface area contributed by atoms with E-state index in [2.05, 4.69) is 5.10 Å². The highest BCUT2D eigenvalue weighted by Gasteiger charge is 2.20. The number of hydrogen-bond donors (Lipinski definition) is 0. The van der Waals surface area contributed by atoms with Crippen LogP contribution in [0.25, 0.3) is 16.5 Å². The van der Waals surface area contributed by atoms with E-state index in [1.54, 1.807) is 54.6 Å². The fourth-order valence-corrected chi connectivity index (χ4v) is 3.33. The number of ether oxygens (including phenoxy) is 1. The number of rotatable bonds is 5. The third kappa shape index (κ3) is 4.21. The maximum absolute atomic E-state index is 12.9. The molecule has 0 saturated heterocycles. The Bertz CT molecular complexity index is 1370. The summed E-state index contributed by atoms with van der Waals surface area (Å²) in [4.78, 5) is 38.1. The van der Waals surface area contributed by atoms with E-state index < -0.39 is 18.4 Å². The number of carbonyl (C=O) groups excluding carboxylic acids is 2. The van der Waals surface area contributed by atoms with Gasteiger partial charge in [0.05, 0.1) is 21.1 Å². The third-order valence-electron chi connectivity index (χ3n) is 4.58. The van der Waals surface area contributed by atoms with Gasteiger partial charge in [-0.1, -0.05) is 59.6 Å². The molecule has 0 aliphatic rings. The summed E-state index contributed by atoms with van der Waals surface area (Å²) in [6, 6.07) is 19.7. The molecule has 0 N–H and O–H groups in total. The van der Waals surface area contributed by atoms with Crippen molar-refractivity contribution in [1.29, 1.82) is 0 Å². The molecule has 31 heavy (non-hydrogen) atoms. The predicted octanol–water partition coefficient (Wildman–Crippen LogP) is 4.73. The van der Waals surface area contributed by atoms with Crippen LogP contribution in [0.2, 0.25) is 10.0 Å². The van der Waals surface area contributed by atoms with Crippen LogP contribution in [-0.2, 0) is 4.74 Å². The van der Waals surface area contributed by atoms with Crippen molar-refractivity contribution in [3.63, 3.8) is 0 Å². The summed E-state index contributed by atoms with van der Waals surface area (Å²) in [5.74, 6) is -1.28. The lowest BCUT2D eigenvalue weighted by molar-refractivity contribution is 0.0469. The van der Waals surface area contributed by atoms with Gasteiger partial charge < -0.3 is 4.74 Å². The summed E-state index contributed by atoms with van der Waals surface area (Å²) >= 11 is 11.8. The van der Waals surface area contributed by atoms with Gasteiger partial charge in [0.1, 0.15) is 0 Å². The van der Waals surface area contributed by atoms with Crippen molar-refractivity contribution >= 4 is 45.7 Å². The van der Waals surface area contributed by atoms with Gasteiger partial charge in [-0.25, -0.2) is 4.79 Å². The zero-order chi connectivity index (χ0) is 22.0. The van der Waals surface area contributed by atoms with E-state index in [4.69, 9.17) is 27.9 Å². The molecule has 4 aromatic rings. The van der Waals surface area contributed by atoms with Crippen LogP contribution >= 0.6 is 23.2 Å². The molecule has 0 fully saturated rings. The summed E-state index contributed by atoms with van der Waals surface area (Å²) in [6.07, 6.45) is 0. The lowest BCUT2D eigenvalue weighted by Crippen LogP contribution is -2.25. The van der Waals surface area contributed by atoms with Crippen molar-refractivity contribution in [2.75, 3.05) is 6.61 Å². The number of aromatic nitrogens is 2. The predicted molar refractivity (Wildman–Crippen MR) is 118 cm³/mol. The molecule has 0 radical (unpaired) electrons. The van der Waals surface area contributed by atoms with E-state index in [1.165, 1.54) is 18.2 Å². The molecule has 8 heteroatoms. The first-order valence-corrected chi connectivity index (χ1v) is 9.94. The fourth-order valence-electron chi connectivity index (χ4n) is 3.04. The number of esters is 1. The Hall–Kier alpha value is -3.48. The maximum atomic E-state index is 12.9. The number of nitrogens with zero attached hydrogens (tertiary/aromatic N) is 2. The molecular weight excluding hydrogens is 439 g/mol. The lowest BCUT2D eigenvalue weighted by atomic mass is 10.1. The van der Waals surface area contributed by atoms with Crippen molar-refractivity contribution < 1.29 is 14.3 Å². The van der Waals surface area contributed by atoms with Crippen molar-refractivity contribution in [3.05, 3.63) is 104 Å². The van der Waals surface area contributed by atoms with E-state index in [9.17, 15) is 14.4 Å². The van der Waals surface area contributed by atoms with Crippen LogP contribution in [0.15, 0.2) is 77.6 Å². The van der Waals surface area contributed by atoms with Gasteiger partial charge in [-0.05, 0) is 36.4 Å². The van der Waals surface area contributed by atoms with Gasteiger partial charge in [-0.3, -0.25) is 9.59 Å². The SMILES string of the molecule is O=C(COC(=O)c1nn(-c2ccccc2)c(=O)c2ccccc12)c1ccc(Cl)c(Cl)c1. The minimum absolute atomic E-state index is 0.0685. The van der Waals surface area contributed by atoms with E-state index in [1.807, 2.05) is 0 Å². The quantitative estimate of drug-likeness (QED) is 0.323. The largest absolute Gasteiger partial charge is 0.452 e. The second-order valence-corrected chi connectivity index (χ2v) is 7.39. The Morgan fingerprint density at radius 1 is 0.871 bits per heavy atom. The van der Waals surface area contributed by atoms with Gasteiger partial charge >= 0.3 is 5.97 Å². The van der Waals surface area contributed by atoms with Crippen molar-refractivity contribution in [3.8, 4) is 5.69 Å². The number of para-hydroxylation sites is 1. The molecule has 6 nitrogen and oxygen atoms in total. The Balaban J connectivity index is 1.67. The summed E-state index contributed by atoms with van der Waals surface area (Å²) in [6.45, 7) is -0.517. The third-order valence-corrected chi connectivity index (χ3v) is 5.31. The number of Topliss-reactive ketones (excluding diaryl/α,β-unsaturated/α-hetero) is 1. The summed E-state index contributed by atoms with van der Waals surface area (Å²) in [7, 11) is 0. The average molecular weight is 453 g/mol. The molecule has 0 bridgehead atoms. The van der Waals surface area contributed by atoms with Gasteiger partial charge in [0, 0.05) is 10.9 Å². The second-order valence-electron chi connectivity index (χ2n) is 6.57. The van der Waals surface area contributed by atoms with E-state index in [0.29, 0.717) is 21.5 Å². The minimum Gasteiger partial charge on any atom is -0.452 e. The number of fused-ring (bicyclic) bond motifs is 1. The monoisotopic (exact) mass is 452 g/mol. The zero-order valence-corrected chi connectivity index (χ0v) is 17.4. The van der Waals surface area contributed by atoms with E-state index in [-0.39, 0.29) is 21.8 Å². The molecule has 154 valence electrons. The summed E-state index contributed by atoms with van der Waals surface area (Å²) < 4.78 is 6.35. The summed E-state index contributed by atoms with van der Waals surface area (Å²) in [5.41, 5.74) is 0.319. The van der Waals surface area contributed by atoms with Gasteiger partial charge in [0.25, 0.3) is 5.56 Å². The molecule has 4 rings (SSSR count). The zero-order valence-electron chi connectivity index (χ0n) is 15.9. The van der Waals surface area contributed by atoms with Gasteiger partial charge in [0.2, 0.25) is 0 Å². The van der Waals surface area contributed by atoms with Crippen LogP contribution in [0.1, 0.15) is 20.8 Å². The molecule has 1 aromatic heterocycles. The maximum Gasteiger partial charge on any atom is 0.359 e. The van der Waals surface area contributed by atoms with E-state index >= 15 is 0 Å². The second kappa shape index (κ2) is 8.71. The molecular formula is C23H14Cl2N2O4. The van der Waals surface area contributed by atoms with Crippen LogP contribution in [0.3, 0.4) is 0 Å². The number of ketones is 1. The average Bonchev–Trinajstić information content (AvgIpc) is 2.80. The van der Waals surface area contributed by atoms with Crippen molar-refractivity contribution in [2.45, 2.75) is 0 Å². The minimum atomic E-state index is -0.825. The van der Waals surface area contributed by atoms with Crippen molar-refractivity contribution in [1.82, 2.24) is 9.78 Å². The molecule has 0 atom stereocenters. The standard InChI is InChI=1S/C23H14Cl2N2O4/c24-18-11-10-14(12-19(18)25)20(28)13-31-23(30)21-16-8-4-5-9-17(16)22(29)27(26-21)15-6-2-1-3-7-15/h1-12H,13H2. The normalized spacial score (nSPS) is 10.8. The Morgan fingerprint density at radius 3 is 2.26 bits per heavy atom. The molecule has 0 aliphatic heterocycles. The van der Waals surface area contributed by atoms with Crippen molar-refractivity contribution in [2.24, 2.45) is 0 Å². The highest BCUT2D eigenvalue weighted by Crippen LogP contribution is 2.23. The number of halogens is 2. The Labute approximate surface area is 186 Å². The first kappa shape index (κ1) is 20.8. The first-order chi connectivity index (χ1) is 15.0. The molecule has 3 aromatic carbocycles. The first-order valence-electron chi connectivity index (χ1n) is 9.18. The highest BCUT2D eigenvalue weighted by molar-refractivity contribution is 6.42. The molecule has 1 heterocycles. The van der Waals surface area contributed by atoms with Crippen LogP contribution in [-0.4, -0.2) is 28.1 Å². The van der Waals surface area contributed by atoms with E-state index in [0.717, 1.165) is 4.68 Å². The fraction of sp³-hybridized carbons (Fsp3) is 0.0435. The highest BCUT2D eigenvalue weighted by atomic mass is 35.5. The molecule has 0 saturated carbocycles. The van der Waals surface area contributed by atoms with Crippen LogP contribution in [0.4, 0.5) is 0 Å². The smallest absolute Gasteiger partial charge is 0.359 e. The molecule has 0 spiro atoms. The molecule has 0 unspecified atom stereocenters. The van der Waals surface area contributed by atoms with Crippen LogP contribution < -0.4 is 5.56 Å². The lowest BCUT2D eigenvalue weighted by Gasteiger charge is -2.11. The Morgan fingerprint density at radius 2 is 1.55 bits per heavy atom. The number of benzene rings is 3. The van der Waals surface area contributed by atoms with Crippen LogP contribution in [0.5, 0.6) is 0 Å². The summed E-state index contributed by atoms with van der Waals surface area (Å²) in [5, 5.41) is 5.41.